The Morgan fingerprint density at radius 1 is 0.800 bits per heavy atom. The molecule has 0 aliphatic rings. The van der Waals surface area contributed by atoms with Gasteiger partial charge in [0.05, 0.1) is 0 Å². The summed E-state index contributed by atoms with van der Waals surface area (Å²) in [7, 11) is 0. The lowest BCUT2D eigenvalue weighted by molar-refractivity contribution is 0.131. The zero-order valence-corrected chi connectivity index (χ0v) is 12.2. The van der Waals surface area contributed by atoms with E-state index in [9.17, 15) is 0 Å². The molecule has 2 aromatic rings. The molecule has 0 radical (unpaired) electrons. The van der Waals surface area contributed by atoms with Gasteiger partial charge in [0.25, 0.3) is 0 Å². The van der Waals surface area contributed by atoms with Crippen LogP contribution in [0.1, 0.15) is 26.3 Å². The van der Waals surface area contributed by atoms with Crippen LogP contribution < -0.4 is 15.2 Å². The molecule has 0 aliphatic heterocycles. The van der Waals surface area contributed by atoms with Gasteiger partial charge in [0.2, 0.25) is 0 Å². The van der Waals surface area contributed by atoms with E-state index in [1.54, 1.807) is 0 Å². The second kappa shape index (κ2) is 5.97. The van der Waals surface area contributed by atoms with Gasteiger partial charge in [0, 0.05) is 6.54 Å². The topological polar surface area (TPSA) is 44.5 Å². The summed E-state index contributed by atoms with van der Waals surface area (Å²) in [4.78, 5) is 0. The van der Waals surface area contributed by atoms with Crippen LogP contribution in [-0.4, -0.2) is 5.60 Å². The van der Waals surface area contributed by atoms with Gasteiger partial charge in [-0.2, -0.15) is 0 Å². The Hall–Kier alpha value is -2.00. The molecular formula is C17H21NO2. The average molecular weight is 271 g/mol. The number of rotatable bonds is 4. The highest BCUT2D eigenvalue weighted by Gasteiger charge is 2.11. The van der Waals surface area contributed by atoms with Crippen LogP contribution >= 0.6 is 0 Å². The number of ether oxygens (including phenoxy) is 2. The zero-order valence-electron chi connectivity index (χ0n) is 12.2. The number of hydrogen-bond acceptors (Lipinski definition) is 3. The standard InChI is InChI=1S/C17H21NO2/c1-17(2,3)20-16-10-8-15(9-11-16)19-14-6-4-13(12-18)5-7-14/h4-11H,12,18H2,1-3H3. The molecule has 0 fully saturated rings. The van der Waals surface area contributed by atoms with Gasteiger partial charge < -0.3 is 15.2 Å². The summed E-state index contributed by atoms with van der Waals surface area (Å²) < 4.78 is 11.5. The van der Waals surface area contributed by atoms with Crippen molar-refractivity contribution in [2.45, 2.75) is 32.9 Å². The fraction of sp³-hybridized carbons (Fsp3) is 0.294. The number of nitrogens with two attached hydrogens (primary N) is 1. The summed E-state index contributed by atoms with van der Waals surface area (Å²) in [6, 6.07) is 15.4. The Balaban J connectivity index is 2.02. The summed E-state index contributed by atoms with van der Waals surface area (Å²) in [5, 5.41) is 0. The predicted molar refractivity (Wildman–Crippen MR) is 81.2 cm³/mol. The molecule has 20 heavy (non-hydrogen) atoms. The van der Waals surface area contributed by atoms with Crippen LogP contribution in [0.2, 0.25) is 0 Å². The fourth-order valence-electron chi connectivity index (χ4n) is 1.76. The van der Waals surface area contributed by atoms with Gasteiger partial charge in [-0.3, -0.25) is 0 Å². The van der Waals surface area contributed by atoms with Gasteiger partial charge in [-0.05, 0) is 62.7 Å². The van der Waals surface area contributed by atoms with Crippen LogP contribution in [-0.2, 0) is 6.54 Å². The summed E-state index contributed by atoms with van der Waals surface area (Å²) in [5.74, 6) is 2.42. The second-order valence-corrected chi connectivity index (χ2v) is 5.64. The normalized spacial score (nSPS) is 11.2. The lowest BCUT2D eigenvalue weighted by Crippen LogP contribution is -2.22. The van der Waals surface area contributed by atoms with E-state index < -0.39 is 0 Å². The maximum Gasteiger partial charge on any atom is 0.127 e. The van der Waals surface area contributed by atoms with Crippen molar-refractivity contribution in [3.05, 3.63) is 54.1 Å². The van der Waals surface area contributed by atoms with Crippen LogP contribution in [0.15, 0.2) is 48.5 Å². The van der Waals surface area contributed by atoms with Gasteiger partial charge in [-0.15, -0.1) is 0 Å². The van der Waals surface area contributed by atoms with Crippen molar-refractivity contribution < 1.29 is 9.47 Å². The molecule has 106 valence electrons. The first-order chi connectivity index (χ1) is 9.46. The average Bonchev–Trinajstić information content (AvgIpc) is 2.40. The predicted octanol–water partition coefficient (Wildman–Crippen LogP) is 4.11. The largest absolute Gasteiger partial charge is 0.488 e. The van der Waals surface area contributed by atoms with Crippen LogP contribution in [0, 0.1) is 0 Å². The highest BCUT2D eigenvalue weighted by molar-refractivity contribution is 5.36. The maximum atomic E-state index is 5.77. The third kappa shape index (κ3) is 4.28. The molecule has 0 aliphatic carbocycles. The Morgan fingerprint density at radius 2 is 1.25 bits per heavy atom. The second-order valence-electron chi connectivity index (χ2n) is 5.64. The van der Waals surface area contributed by atoms with E-state index in [1.165, 1.54) is 0 Å². The summed E-state index contributed by atoms with van der Waals surface area (Å²) >= 11 is 0. The smallest absolute Gasteiger partial charge is 0.127 e. The third-order valence-electron chi connectivity index (χ3n) is 2.64. The van der Waals surface area contributed by atoms with E-state index in [2.05, 4.69) is 0 Å². The molecule has 2 rings (SSSR count). The minimum Gasteiger partial charge on any atom is -0.488 e. The first-order valence-corrected chi connectivity index (χ1v) is 6.72. The van der Waals surface area contributed by atoms with Crippen molar-refractivity contribution in [3.63, 3.8) is 0 Å². The molecular weight excluding hydrogens is 250 g/mol. The Morgan fingerprint density at radius 3 is 1.70 bits per heavy atom. The molecule has 0 spiro atoms. The fourth-order valence-corrected chi connectivity index (χ4v) is 1.76. The molecule has 0 unspecified atom stereocenters. The van der Waals surface area contributed by atoms with Gasteiger partial charge in [-0.1, -0.05) is 12.1 Å². The molecule has 0 bridgehead atoms. The molecule has 0 atom stereocenters. The first-order valence-electron chi connectivity index (χ1n) is 6.72. The van der Waals surface area contributed by atoms with E-state index in [0.717, 1.165) is 22.8 Å². The van der Waals surface area contributed by atoms with Gasteiger partial charge in [0.15, 0.2) is 0 Å². The molecule has 2 N–H and O–H groups in total. The van der Waals surface area contributed by atoms with E-state index in [0.29, 0.717) is 6.54 Å². The zero-order chi connectivity index (χ0) is 14.6. The van der Waals surface area contributed by atoms with E-state index in [-0.39, 0.29) is 5.60 Å². The minimum absolute atomic E-state index is 0.194. The highest BCUT2D eigenvalue weighted by atomic mass is 16.5. The van der Waals surface area contributed by atoms with Crippen LogP contribution in [0.5, 0.6) is 17.2 Å². The molecule has 3 nitrogen and oxygen atoms in total. The van der Waals surface area contributed by atoms with Gasteiger partial charge in [0.1, 0.15) is 22.8 Å². The van der Waals surface area contributed by atoms with E-state index in [1.807, 2.05) is 69.3 Å². The van der Waals surface area contributed by atoms with Crippen molar-refractivity contribution >= 4 is 0 Å². The lowest BCUT2D eigenvalue weighted by atomic mass is 10.2. The quantitative estimate of drug-likeness (QED) is 0.910. The lowest BCUT2D eigenvalue weighted by Gasteiger charge is -2.21. The van der Waals surface area contributed by atoms with Crippen LogP contribution in [0.3, 0.4) is 0 Å². The minimum atomic E-state index is -0.194. The molecule has 0 saturated carbocycles. The molecule has 2 aromatic carbocycles. The summed E-state index contributed by atoms with van der Waals surface area (Å²) in [6.07, 6.45) is 0. The number of hydrogen-bond donors (Lipinski definition) is 1. The summed E-state index contributed by atoms with van der Waals surface area (Å²) in [6.45, 7) is 6.61. The van der Waals surface area contributed by atoms with Crippen molar-refractivity contribution in [2.24, 2.45) is 5.73 Å². The van der Waals surface area contributed by atoms with Crippen molar-refractivity contribution in [1.29, 1.82) is 0 Å². The van der Waals surface area contributed by atoms with Crippen LogP contribution in [0.25, 0.3) is 0 Å². The first kappa shape index (κ1) is 14.4. The third-order valence-corrected chi connectivity index (χ3v) is 2.64. The van der Waals surface area contributed by atoms with Gasteiger partial charge in [-0.25, -0.2) is 0 Å². The SMILES string of the molecule is CC(C)(C)Oc1ccc(Oc2ccc(CN)cc2)cc1. The molecule has 0 saturated heterocycles. The number of benzene rings is 2. The Labute approximate surface area is 120 Å². The Bertz CT molecular complexity index is 539. The Kier molecular flexibility index (Phi) is 4.30. The highest BCUT2D eigenvalue weighted by Crippen LogP contribution is 2.25. The van der Waals surface area contributed by atoms with Crippen LogP contribution in [0.4, 0.5) is 0 Å². The van der Waals surface area contributed by atoms with Crippen molar-refractivity contribution in [1.82, 2.24) is 0 Å². The molecule has 3 heteroatoms. The van der Waals surface area contributed by atoms with Crippen molar-refractivity contribution in [2.75, 3.05) is 0 Å². The summed E-state index contributed by atoms with van der Waals surface area (Å²) in [5.41, 5.74) is 6.46. The van der Waals surface area contributed by atoms with E-state index in [4.69, 9.17) is 15.2 Å². The van der Waals surface area contributed by atoms with Gasteiger partial charge >= 0.3 is 0 Å². The maximum absolute atomic E-state index is 5.77. The van der Waals surface area contributed by atoms with Crippen molar-refractivity contribution in [3.8, 4) is 17.2 Å². The molecule has 0 amide bonds. The molecule has 0 aromatic heterocycles. The monoisotopic (exact) mass is 271 g/mol. The molecule has 0 heterocycles. The van der Waals surface area contributed by atoms with E-state index >= 15 is 0 Å².